The zero-order valence-electron chi connectivity index (χ0n) is 8.23. The summed E-state index contributed by atoms with van der Waals surface area (Å²) in [6, 6.07) is 0.479. The van der Waals surface area contributed by atoms with Gasteiger partial charge in [0.2, 0.25) is 0 Å². The van der Waals surface area contributed by atoms with Gasteiger partial charge in [-0.15, -0.1) is 0 Å². The molecule has 0 saturated carbocycles. The van der Waals surface area contributed by atoms with Crippen LogP contribution in [0.4, 0.5) is 0 Å². The van der Waals surface area contributed by atoms with Crippen LogP contribution in [0.3, 0.4) is 0 Å². The predicted molar refractivity (Wildman–Crippen MR) is 51.3 cm³/mol. The first kappa shape index (κ1) is 10.1. The summed E-state index contributed by atoms with van der Waals surface area (Å²) < 4.78 is 0. The summed E-state index contributed by atoms with van der Waals surface area (Å²) >= 11 is 0. The van der Waals surface area contributed by atoms with E-state index in [-0.39, 0.29) is 0 Å². The summed E-state index contributed by atoms with van der Waals surface area (Å²) in [4.78, 5) is 12.4. The van der Waals surface area contributed by atoms with Crippen LogP contribution in [0.15, 0.2) is 12.3 Å². The van der Waals surface area contributed by atoms with Crippen molar-refractivity contribution >= 4 is 5.97 Å². The Hall–Kier alpha value is -0.990. The van der Waals surface area contributed by atoms with Crippen LogP contribution in [0.1, 0.15) is 26.7 Å². The average Bonchev–Trinajstić information content (AvgIpc) is 2.06. The highest BCUT2D eigenvalue weighted by Crippen LogP contribution is 2.21. The van der Waals surface area contributed by atoms with E-state index < -0.39 is 5.97 Å². The molecule has 0 aromatic rings. The van der Waals surface area contributed by atoms with Crippen LogP contribution in [-0.4, -0.2) is 28.6 Å². The van der Waals surface area contributed by atoms with Gasteiger partial charge in [0.1, 0.15) is 0 Å². The van der Waals surface area contributed by atoms with Gasteiger partial charge >= 0.3 is 5.97 Å². The van der Waals surface area contributed by atoms with Crippen LogP contribution in [0, 0.1) is 5.92 Å². The summed E-state index contributed by atoms with van der Waals surface area (Å²) in [6.45, 7) is 5.32. The van der Waals surface area contributed by atoms with Crippen LogP contribution in [0.2, 0.25) is 0 Å². The fourth-order valence-electron chi connectivity index (χ4n) is 1.69. The molecule has 1 heterocycles. The lowest BCUT2D eigenvalue weighted by Crippen LogP contribution is -2.37. The lowest BCUT2D eigenvalue weighted by atomic mass is 9.95. The van der Waals surface area contributed by atoms with E-state index in [9.17, 15) is 4.79 Å². The lowest BCUT2D eigenvalue weighted by molar-refractivity contribution is -0.131. The number of carboxylic acids is 1. The van der Waals surface area contributed by atoms with Gasteiger partial charge in [0.15, 0.2) is 0 Å². The number of carbonyl (C=O) groups is 1. The number of hydrogen-bond donors (Lipinski definition) is 1. The van der Waals surface area contributed by atoms with Gasteiger partial charge in [0.05, 0.1) is 0 Å². The second kappa shape index (κ2) is 4.30. The maximum atomic E-state index is 10.3. The first-order chi connectivity index (χ1) is 6.09. The highest BCUT2D eigenvalue weighted by molar-refractivity contribution is 5.79. The van der Waals surface area contributed by atoms with E-state index >= 15 is 0 Å². The van der Waals surface area contributed by atoms with Gasteiger partial charge in [-0.25, -0.2) is 4.79 Å². The van der Waals surface area contributed by atoms with Gasteiger partial charge in [-0.1, -0.05) is 6.92 Å². The Kier molecular flexibility index (Phi) is 3.34. The monoisotopic (exact) mass is 183 g/mol. The number of carboxylic acid groups (broad SMARTS) is 1. The van der Waals surface area contributed by atoms with Crippen LogP contribution in [0.25, 0.3) is 0 Å². The minimum Gasteiger partial charge on any atom is -0.478 e. The number of hydrogen-bond acceptors (Lipinski definition) is 2. The predicted octanol–water partition coefficient (Wildman–Crippen LogP) is 1.71. The number of nitrogens with zero attached hydrogens (tertiary/aromatic N) is 1. The van der Waals surface area contributed by atoms with Gasteiger partial charge in [-0.3, -0.25) is 0 Å². The third-order valence-corrected chi connectivity index (χ3v) is 2.57. The van der Waals surface area contributed by atoms with Crippen LogP contribution < -0.4 is 0 Å². The number of rotatable bonds is 2. The first-order valence-corrected chi connectivity index (χ1v) is 4.76. The highest BCUT2D eigenvalue weighted by Gasteiger charge is 2.19. The van der Waals surface area contributed by atoms with Crippen molar-refractivity contribution < 1.29 is 9.90 Å². The second-order valence-electron chi connectivity index (χ2n) is 3.88. The van der Waals surface area contributed by atoms with Gasteiger partial charge < -0.3 is 10.0 Å². The molecule has 0 radical (unpaired) electrons. The second-order valence-corrected chi connectivity index (χ2v) is 3.88. The third-order valence-electron chi connectivity index (χ3n) is 2.57. The molecule has 1 aliphatic rings. The van der Waals surface area contributed by atoms with Crippen molar-refractivity contribution in [2.75, 3.05) is 6.54 Å². The smallest absolute Gasteiger partial charge is 0.329 e. The molecule has 1 fully saturated rings. The Bertz CT molecular complexity index is 213. The molecule has 2 atom stereocenters. The lowest BCUT2D eigenvalue weighted by Gasteiger charge is -2.35. The van der Waals surface area contributed by atoms with Gasteiger partial charge in [0.25, 0.3) is 0 Å². The minimum atomic E-state index is -0.870. The summed E-state index contributed by atoms with van der Waals surface area (Å²) in [6.07, 6.45) is 5.32. The zero-order chi connectivity index (χ0) is 9.84. The fraction of sp³-hybridized carbons (Fsp3) is 0.700. The van der Waals surface area contributed by atoms with E-state index in [1.165, 1.54) is 12.5 Å². The molecule has 0 amide bonds. The fourth-order valence-corrected chi connectivity index (χ4v) is 1.69. The molecule has 0 aromatic carbocycles. The number of likely N-dealkylation sites (tertiary alicyclic amines) is 1. The highest BCUT2D eigenvalue weighted by atomic mass is 16.4. The van der Waals surface area contributed by atoms with Crippen molar-refractivity contribution in [3.05, 3.63) is 12.3 Å². The maximum absolute atomic E-state index is 10.3. The summed E-state index contributed by atoms with van der Waals surface area (Å²) in [5.41, 5.74) is 0. The molecule has 0 aliphatic carbocycles. The molecule has 13 heavy (non-hydrogen) atoms. The molecule has 1 rings (SSSR count). The van der Waals surface area contributed by atoms with Gasteiger partial charge in [-0.05, 0) is 25.7 Å². The average molecular weight is 183 g/mol. The largest absolute Gasteiger partial charge is 0.478 e. The van der Waals surface area contributed by atoms with Crippen LogP contribution in [-0.2, 0) is 4.79 Å². The first-order valence-electron chi connectivity index (χ1n) is 4.76. The Morgan fingerprint density at radius 3 is 2.77 bits per heavy atom. The third kappa shape index (κ3) is 3.09. The van der Waals surface area contributed by atoms with E-state index in [0.717, 1.165) is 13.0 Å². The summed E-state index contributed by atoms with van der Waals surface area (Å²) in [5, 5.41) is 8.48. The Morgan fingerprint density at radius 2 is 2.15 bits per heavy atom. The molecular weight excluding hydrogens is 166 g/mol. The van der Waals surface area contributed by atoms with Crippen molar-refractivity contribution in [1.29, 1.82) is 0 Å². The molecule has 0 spiro atoms. The number of piperidine rings is 1. The SMILES string of the molecule is CC1CCC(C)N(C=CC(=O)O)C1. The summed E-state index contributed by atoms with van der Waals surface area (Å²) in [7, 11) is 0. The van der Waals surface area contributed by atoms with E-state index in [0.29, 0.717) is 12.0 Å². The molecule has 74 valence electrons. The zero-order valence-corrected chi connectivity index (χ0v) is 8.23. The molecule has 0 bridgehead atoms. The molecular formula is C10H17NO2. The normalized spacial score (nSPS) is 29.5. The molecule has 1 saturated heterocycles. The van der Waals surface area contributed by atoms with E-state index in [4.69, 9.17) is 5.11 Å². The Morgan fingerprint density at radius 1 is 1.46 bits per heavy atom. The van der Waals surface area contributed by atoms with Crippen molar-refractivity contribution in [2.45, 2.75) is 32.7 Å². The molecule has 1 N–H and O–H groups in total. The molecule has 3 nitrogen and oxygen atoms in total. The topological polar surface area (TPSA) is 40.5 Å². The van der Waals surface area contributed by atoms with Gasteiger partial charge in [0, 0.05) is 24.9 Å². The molecule has 1 aliphatic heterocycles. The minimum absolute atomic E-state index is 0.479. The Labute approximate surface area is 79.0 Å². The van der Waals surface area contributed by atoms with Crippen molar-refractivity contribution in [3.8, 4) is 0 Å². The Balaban J connectivity index is 2.51. The molecule has 2 unspecified atom stereocenters. The van der Waals surface area contributed by atoms with Crippen molar-refractivity contribution in [3.63, 3.8) is 0 Å². The summed E-state index contributed by atoms with van der Waals surface area (Å²) in [5.74, 6) is -0.194. The van der Waals surface area contributed by atoms with Crippen LogP contribution in [0.5, 0.6) is 0 Å². The van der Waals surface area contributed by atoms with E-state index in [1.807, 2.05) is 0 Å². The standard InChI is InChI=1S/C10H17NO2/c1-8-3-4-9(2)11(7-8)6-5-10(12)13/h5-6,8-9H,3-4,7H2,1-2H3,(H,12,13). The van der Waals surface area contributed by atoms with Crippen molar-refractivity contribution in [2.24, 2.45) is 5.92 Å². The van der Waals surface area contributed by atoms with E-state index in [2.05, 4.69) is 18.7 Å². The maximum Gasteiger partial charge on any atom is 0.329 e. The number of aliphatic carboxylic acids is 1. The van der Waals surface area contributed by atoms with Crippen LogP contribution >= 0.6 is 0 Å². The van der Waals surface area contributed by atoms with Gasteiger partial charge in [-0.2, -0.15) is 0 Å². The van der Waals surface area contributed by atoms with Crippen molar-refractivity contribution in [1.82, 2.24) is 4.90 Å². The molecule has 3 heteroatoms. The quantitative estimate of drug-likeness (QED) is 0.662. The van der Waals surface area contributed by atoms with E-state index in [1.54, 1.807) is 6.20 Å². The molecule has 0 aromatic heterocycles.